The lowest BCUT2D eigenvalue weighted by molar-refractivity contribution is -0.120. The lowest BCUT2D eigenvalue weighted by Crippen LogP contribution is -2.28. The van der Waals surface area contributed by atoms with Gasteiger partial charge in [-0.1, -0.05) is 54.6 Å². The van der Waals surface area contributed by atoms with E-state index in [0.717, 1.165) is 61.1 Å². The number of nitrogens with one attached hydrogen (secondary N) is 1. The van der Waals surface area contributed by atoms with E-state index in [9.17, 15) is 4.79 Å². The van der Waals surface area contributed by atoms with Crippen LogP contribution in [-0.4, -0.2) is 38.7 Å². The Balaban J connectivity index is 1.20. The second-order valence-electron chi connectivity index (χ2n) is 8.28. The maximum absolute atomic E-state index is 12.3. The first-order valence-corrected chi connectivity index (χ1v) is 11.3. The molecule has 0 saturated carbocycles. The van der Waals surface area contributed by atoms with Crippen molar-refractivity contribution in [3.8, 4) is 11.3 Å². The molecule has 0 saturated heterocycles. The maximum Gasteiger partial charge on any atom is 0.224 e. The number of furan rings is 1. The minimum Gasteiger partial charge on any atom is -0.464 e. The summed E-state index contributed by atoms with van der Waals surface area (Å²) in [4.78, 5) is 14.8. The fourth-order valence-corrected chi connectivity index (χ4v) is 4.31. The van der Waals surface area contributed by atoms with Gasteiger partial charge in [-0.25, -0.2) is 0 Å². The lowest BCUT2D eigenvalue weighted by Gasteiger charge is -2.21. The average Bonchev–Trinajstić information content (AvgIpc) is 3.46. The summed E-state index contributed by atoms with van der Waals surface area (Å²) < 4.78 is 7.79. The summed E-state index contributed by atoms with van der Waals surface area (Å²) in [6.45, 7) is 3.83. The molecule has 0 bridgehead atoms. The van der Waals surface area contributed by atoms with Crippen molar-refractivity contribution >= 4 is 5.91 Å². The van der Waals surface area contributed by atoms with Gasteiger partial charge in [-0.2, -0.15) is 0 Å². The Hall–Kier alpha value is -3.71. The molecule has 3 heterocycles. The summed E-state index contributed by atoms with van der Waals surface area (Å²) in [6, 6.07) is 22.1. The van der Waals surface area contributed by atoms with Gasteiger partial charge in [0.05, 0.1) is 19.2 Å². The molecule has 0 aliphatic carbocycles. The fraction of sp³-hybridized carbons (Fsp3) is 0.269. The number of hydrogen-bond acceptors (Lipinski definition) is 5. The molecular formula is C26H27N5O2. The first-order valence-electron chi connectivity index (χ1n) is 11.3. The predicted molar refractivity (Wildman–Crippen MR) is 125 cm³/mol. The summed E-state index contributed by atoms with van der Waals surface area (Å²) in [6.07, 6.45) is 2.91. The van der Waals surface area contributed by atoms with E-state index in [0.29, 0.717) is 13.0 Å². The molecule has 0 radical (unpaired) electrons. The lowest BCUT2D eigenvalue weighted by atomic mass is 10.0. The largest absolute Gasteiger partial charge is 0.464 e. The molecule has 1 amide bonds. The summed E-state index contributed by atoms with van der Waals surface area (Å²) in [7, 11) is 0. The number of nitrogens with zero attached hydrogens (tertiary/aromatic N) is 4. The Labute approximate surface area is 193 Å². The van der Waals surface area contributed by atoms with Gasteiger partial charge in [0, 0.05) is 38.2 Å². The van der Waals surface area contributed by atoms with Crippen LogP contribution < -0.4 is 5.32 Å². The van der Waals surface area contributed by atoms with Crippen molar-refractivity contribution in [2.24, 2.45) is 0 Å². The van der Waals surface area contributed by atoms with Crippen LogP contribution in [0.1, 0.15) is 22.8 Å². The van der Waals surface area contributed by atoms with Gasteiger partial charge in [0.15, 0.2) is 5.82 Å². The highest BCUT2D eigenvalue weighted by atomic mass is 16.3. The van der Waals surface area contributed by atoms with Gasteiger partial charge in [0.1, 0.15) is 11.6 Å². The molecule has 1 N–H and O–H groups in total. The zero-order chi connectivity index (χ0) is 22.5. The van der Waals surface area contributed by atoms with Crippen LogP contribution in [0.15, 0.2) is 77.4 Å². The second kappa shape index (κ2) is 9.83. The van der Waals surface area contributed by atoms with Gasteiger partial charge in [0.2, 0.25) is 5.91 Å². The van der Waals surface area contributed by atoms with E-state index in [-0.39, 0.29) is 5.91 Å². The Kier molecular flexibility index (Phi) is 6.30. The van der Waals surface area contributed by atoms with Crippen LogP contribution in [0.4, 0.5) is 0 Å². The first-order chi connectivity index (χ1) is 16.3. The molecule has 5 rings (SSSR count). The molecule has 7 nitrogen and oxygen atoms in total. The van der Waals surface area contributed by atoms with Gasteiger partial charge in [-0.15, -0.1) is 10.2 Å². The van der Waals surface area contributed by atoms with Crippen molar-refractivity contribution in [2.45, 2.75) is 32.5 Å². The van der Waals surface area contributed by atoms with E-state index in [2.05, 4.69) is 43.2 Å². The molecule has 0 unspecified atom stereocenters. The smallest absolute Gasteiger partial charge is 0.224 e. The number of aromatic nitrogens is 3. The Morgan fingerprint density at radius 3 is 2.64 bits per heavy atom. The highest BCUT2D eigenvalue weighted by molar-refractivity contribution is 5.78. The second-order valence-corrected chi connectivity index (χ2v) is 8.28. The molecule has 0 atom stereocenters. The van der Waals surface area contributed by atoms with Crippen molar-refractivity contribution in [3.05, 3.63) is 95.8 Å². The minimum absolute atomic E-state index is 0.0108. The quantitative estimate of drug-likeness (QED) is 0.475. The fourth-order valence-electron chi connectivity index (χ4n) is 4.31. The van der Waals surface area contributed by atoms with Crippen molar-refractivity contribution in [1.29, 1.82) is 0 Å². The van der Waals surface area contributed by atoms with E-state index < -0.39 is 0 Å². The third-order valence-electron chi connectivity index (χ3n) is 6.04. The number of benzene rings is 2. The molecule has 4 aromatic rings. The Morgan fingerprint density at radius 1 is 0.939 bits per heavy atom. The van der Waals surface area contributed by atoms with E-state index >= 15 is 0 Å². The van der Waals surface area contributed by atoms with Crippen LogP contribution in [0, 0.1) is 0 Å². The van der Waals surface area contributed by atoms with Gasteiger partial charge >= 0.3 is 0 Å². The van der Waals surface area contributed by atoms with Crippen molar-refractivity contribution < 1.29 is 9.21 Å². The number of carbonyl (C=O) groups is 1. The SMILES string of the molecule is O=C(Cc1ccccc1)NCc1nnc2n1CCN(Cc1ccccc1-c1ccco1)CC2. The zero-order valence-corrected chi connectivity index (χ0v) is 18.5. The van der Waals surface area contributed by atoms with Gasteiger partial charge in [-0.3, -0.25) is 9.69 Å². The van der Waals surface area contributed by atoms with Crippen LogP contribution in [0.5, 0.6) is 0 Å². The number of amides is 1. The third-order valence-corrected chi connectivity index (χ3v) is 6.04. The van der Waals surface area contributed by atoms with Crippen LogP contribution >= 0.6 is 0 Å². The van der Waals surface area contributed by atoms with Crippen LogP contribution in [0.25, 0.3) is 11.3 Å². The Bertz CT molecular complexity index is 1200. The molecule has 1 aliphatic rings. The molecule has 33 heavy (non-hydrogen) atoms. The molecule has 7 heteroatoms. The molecular weight excluding hydrogens is 414 g/mol. The van der Waals surface area contributed by atoms with E-state index in [1.54, 1.807) is 6.26 Å². The highest BCUT2D eigenvalue weighted by Crippen LogP contribution is 2.25. The third kappa shape index (κ3) is 5.04. The van der Waals surface area contributed by atoms with Crippen LogP contribution in [-0.2, 0) is 37.3 Å². The summed E-state index contributed by atoms with van der Waals surface area (Å²) in [5.41, 5.74) is 3.38. The van der Waals surface area contributed by atoms with Gasteiger partial charge in [0.25, 0.3) is 0 Å². The van der Waals surface area contributed by atoms with Crippen LogP contribution in [0.2, 0.25) is 0 Å². The van der Waals surface area contributed by atoms with Gasteiger partial charge < -0.3 is 14.3 Å². The Morgan fingerprint density at radius 2 is 1.79 bits per heavy atom. The normalized spacial score (nSPS) is 13.9. The molecule has 2 aromatic heterocycles. The summed E-state index contributed by atoms with van der Waals surface area (Å²) >= 11 is 0. The summed E-state index contributed by atoms with van der Waals surface area (Å²) in [5, 5.41) is 11.7. The summed E-state index contributed by atoms with van der Waals surface area (Å²) in [5.74, 6) is 2.67. The number of fused-ring (bicyclic) bond motifs is 1. The zero-order valence-electron chi connectivity index (χ0n) is 18.5. The van der Waals surface area contributed by atoms with E-state index in [1.165, 1.54) is 5.56 Å². The molecule has 168 valence electrons. The average molecular weight is 442 g/mol. The van der Waals surface area contributed by atoms with E-state index in [4.69, 9.17) is 4.42 Å². The number of carbonyl (C=O) groups excluding carboxylic acids is 1. The predicted octanol–water partition coefficient (Wildman–Crippen LogP) is 3.46. The van der Waals surface area contributed by atoms with Crippen molar-refractivity contribution in [3.63, 3.8) is 0 Å². The van der Waals surface area contributed by atoms with E-state index in [1.807, 2.05) is 48.5 Å². The molecule has 2 aromatic carbocycles. The minimum atomic E-state index is -0.0108. The molecule has 0 fully saturated rings. The van der Waals surface area contributed by atoms with Gasteiger partial charge in [-0.05, 0) is 23.3 Å². The molecule has 1 aliphatic heterocycles. The topological polar surface area (TPSA) is 76.2 Å². The monoisotopic (exact) mass is 441 g/mol. The van der Waals surface area contributed by atoms with Crippen LogP contribution in [0.3, 0.4) is 0 Å². The number of rotatable bonds is 7. The number of hydrogen-bond donors (Lipinski definition) is 1. The maximum atomic E-state index is 12.3. The van der Waals surface area contributed by atoms with Crippen molar-refractivity contribution in [2.75, 3.05) is 13.1 Å². The standard InChI is InChI=1S/C26H27N5O2/c32-26(17-20-7-2-1-3-8-20)27-18-25-29-28-24-12-13-30(14-15-31(24)25)19-21-9-4-5-10-22(21)23-11-6-16-33-23/h1-11,16H,12-15,17-19H2,(H,27,32). The first kappa shape index (κ1) is 21.2. The highest BCUT2D eigenvalue weighted by Gasteiger charge is 2.20. The van der Waals surface area contributed by atoms with Crippen molar-refractivity contribution in [1.82, 2.24) is 25.0 Å². The molecule has 0 spiro atoms.